The van der Waals surface area contributed by atoms with Crippen LogP contribution in [-0.4, -0.2) is 15.7 Å². The summed E-state index contributed by atoms with van der Waals surface area (Å²) in [7, 11) is 1.74. The molecule has 0 aliphatic heterocycles. The molecule has 20 heavy (non-hydrogen) atoms. The average molecular weight is 272 g/mol. The van der Waals surface area contributed by atoms with E-state index in [1.54, 1.807) is 42.1 Å². The van der Waals surface area contributed by atoms with Crippen molar-refractivity contribution in [2.75, 3.05) is 5.32 Å². The Bertz CT molecular complexity index is 617. The molecule has 0 bridgehead atoms. The molecular weight excluding hydrogens is 252 g/mol. The second-order valence-corrected chi connectivity index (χ2v) is 5.12. The van der Waals surface area contributed by atoms with Crippen LogP contribution in [0.4, 0.5) is 5.69 Å². The molecule has 4 nitrogen and oxygen atoms in total. The molecule has 106 valence electrons. The lowest BCUT2D eigenvalue weighted by Gasteiger charge is -2.15. The number of aryl methyl sites for hydroxylation is 2. The lowest BCUT2D eigenvalue weighted by atomic mass is 10.1. The molecule has 4 heteroatoms. The maximum absolute atomic E-state index is 11.3. The van der Waals surface area contributed by atoms with Crippen molar-refractivity contribution in [3.05, 3.63) is 58.5 Å². The van der Waals surface area contributed by atoms with Gasteiger partial charge >= 0.3 is 0 Å². The van der Waals surface area contributed by atoms with Crippen molar-refractivity contribution in [2.24, 2.45) is 7.05 Å². The topological polar surface area (TPSA) is 54.3 Å². The molecule has 0 saturated carbocycles. The molecule has 0 radical (unpaired) electrons. The summed E-state index contributed by atoms with van der Waals surface area (Å²) in [6.45, 7) is 2.12. The molecule has 2 N–H and O–H groups in total. The van der Waals surface area contributed by atoms with Crippen molar-refractivity contribution in [1.29, 1.82) is 0 Å². The molecule has 2 aromatic rings. The van der Waals surface area contributed by atoms with Gasteiger partial charge in [-0.25, -0.2) is 0 Å². The number of aromatic nitrogens is 1. The van der Waals surface area contributed by atoms with E-state index in [4.69, 9.17) is 0 Å². The minimum absolute atomic E-state index is 0.00713. The van der Waals surface area contributed by atoms with E-state index in [-0.39, 0.29) is 5.56 Å². The van der Waals surface area contributed by atoms with Crippen molar-refractivity contribution in [3.8, 4) is 5.75 Å². The van der Waals surface area contributed by atoms with Gasteiger partial charge in [-0.3, -0.25) is 4.79 Å². The van der Waals surface area contributed by atoms with Crippen LogP contribution in [0.2, 0.25) is 0 Å². The summed E-state index contributed by atoms with van der Waals surface area (Å²) >= 11 is 0. The second kappa shape index (κ2) is 6.28. The summed E-state index contributed by atoms with van der Waals surface area (Å²) in [4.78, 5) is 11.3. The summed E-state index contributed by atoms with van der Waals surface area (Å²) in [6.07, 6.45) is 3.73. The first-order chi connectivity index (χ1) is 9.54. The number of phenols is 1. The molecule has 0 aliphatic carbocycles. The molecule has 0 amide bonds. The van der Waals surface area contributed by atoms with E-state index >= 15 is 0 Å². The summed E-state index contributed by atoms with van der Waals surface area (Å²) in [5.74, 6) is 0.296. The van der Waals surface area contributed by atoms with Gasteiger partial charge in [-0.15, -0.1) is 0 Å². The number of pyridine rings is 1. The molecule has 0 fully saturated rings. The standard InChI is InChI=1S/C16H20N2O2/c1-12(3-4-13-5-8-15(19)9-6-13)17-14-7-10-16(20)18(2)11-14/h5-12,17,19H,3-4H2,1-2H3. The Morgan fingerprint density at radius 3 is 2.55 bits per heavy atom. The monoisotopic (exact) mass is 272 g/mol. The SMILES string of the molecule is CC(CCc1ccc(O)cc1)Nc1ccc(=O)n(C)c1. The van der Waals surface area contributed by atoms with Crippen LogP contribution in [0.1, 0.15) is 18.9 Å². The van der Waals surface area contributed by atoms with Gasteiger partial charge in [-0.05, 0) is 43.5 Å². The number of nitrogens with one attached hydrogen (secondary N) is 1. The Morgan fingerprint density at radius 2 is 1.90 bits per heavy atom. The Balaban J connectivity index is 1.88. The summed E-state index contributed by atoms with van der Waals surface area (Å²) in [5.41, 5.74) is 2.15. The number of aromatic hydroxyl groups is 1. The predicted molar refractivity (Wildman–Crippen MR) is 81.2 cm³/mol. The average Bonchev–Trinajstić information content (AvgIpc) is 2.42. The van der Waals surface area contributed by atoms with Crippen LogP contribution in [0.3, 0.4) is 0 Å². The molecule has 1 unspecified atom stereocenters. The lowest BCUT2D eigenvalue weighted by Crippen LogP contribution is -2.19. The third-order valence-corrected chi connectivity index (χ3v) is 3.30. The predicted octanol–water partition coefficient (Wildman–Crippen LogP) is 2.52. The maximum atomic E-state index is 11.3. The molecular formula is C16H20N2O2. The molecule has 1 aromatic heterocycles. The third-order valence-electron chi connectivity index (χ3n) is 3.30. The van der Waals surface area contributed by atoms with Crippen molar-refractivity contribution in [3.63, 3.8) is 0 Å². The van der Waals surface area contributed by atoms with Crippen molar-refractivity contribution >= 4 is 5.69 Å². The zero-order chi connectivity index (χ0) is 14.5. The number of phenolic OH excluding ortho intramolecular Hbond substituents is 1. The zero-order valence-corrected chi connectivity index (χ0v) is 11.8. The Kier molecular flexibility index (Phi) is 4.45. The summed E-state index contributed by atoms with van der Waals surface area (Å²) in [6, 6.07) is 11.0. The van der Waals surface area contributed by atoms with Gasteiger partial charge < -0.3 is 15.0 Å². The van der Waals surface area contributed by atoms with Gasteiger partial charge in [0.2, 0.25) is 5.56 Å². The highest BCUT2D eigenvalue weighted by Crippen LogP contribution is 2.13. The van der Waals surface area contributed by atoms with Gasteiger partial charge in [0.05, 0.1) is 5.69 Å². The maximum Gasteiger partial charge on any atom is 0.250 e. The van der Waals surface area contributed by atoms with Gasteiger partial charge in [0, 0.05) is 25.4 Å². The summed E-state index contributed by atoms with van der Waals surface area (Å²) < 4.78 is 1.56. The molecule has 0 saturated heterocycles. The highest BCUT2D eigenvalue weighted by molar-refractivity contribution is 5.41. The number of hydrogen-bond acceptors (Lipinski definition) is 3. The minimum Gasteiger partial charge on any atom is -0.508 e. The van der Waals surface area contributed by atoms with E-state index < -0.39 is 0 Å². The number of nitrogens with zero attached hydrogens (tertiary/aromatic N) is 1. The lowest BCUT2D eigenvalue weighted by molar-refractivity contribution is 0.475. The molecule has 2 rings (SSSR count). The first-order valence-electron chi connectivity index (χ1n) is 6.76. The molecule has 1 heterocycles. The molecule has 0 aliphatic rings. The smallest absolute Gasteiger partial charge is 0.250 e. The zero-order valence-electron chi connectivity index (χ0n) is 11.8. The molecule has 0 spiro atoms. The molecule has 1 aromatic carbocycles. The third kappa shape index (κ3) is 3.88. The van der Waals surface area contributed by atoms with Gasteiger partial charge in [0.15, 0.2) is 0 Å². The number of hydrogen-bond donors (Lipinski definition) is 2. The van der Waals surface area contributed by atoms with Crippen molar-refractivity contribution in [1.82, 2.24) is 4.57 Å². The van der Waals surface area contributed by atoms with Crippen LogP contribution in [0.25, 0.3) is 0 Å². The summed E-state index contributed by atoms with van der Waals surface area (Å²) in [5, 5.41) is 12.6. The van der Waals surface area contributed by atoms with Crippen LogP contribution in [0, 0.1) is 0 Å². The number of rotatable bonds is 5. The fourth-order valence-electron chi connectivity index (χ4n) is 2.08. The van der Waals surface area contributed by atoms with E-state index in [1.165, 1.54) is 5.56 Å². The Hall–Kier alpha value is -2.23. The van der Waals surface area contributed by atoms with Gasteiger partial charge in [-0.1, -0.05) is 12.1 Å². The van der Waals surface area contributed by atoms with Crippen LogP contribution >= 0.6 is 0 Å². The first-order valence-corrected chi connectivity index (χ1v) is 6.76. The van der Waals surface area contributed by atoms with E-state index in [0.717, 1.165) is 18.5 Å². The number of benzene rings is 1. The van der Waals surface area contributed by atoms with Crippen molar-refractivity contribution in [2.45, 2.75) is 25.8 Å². The Labute approximate surface area is 118 Å². The van der Waals surface area contributed by atoms with E-state index in [1.807, 2.05) is 12.1 Å². The first kappa shape index (κ1) is 14.2. The quantitative estimate of drug-likeness (QED) is 0.879. The van der Waals surface area contributed by atoms with Gasteiger partial charge in [0.25, 0.3) is 0 Å². The molecule has 1 atom stereocenters. The van der Waals surface area contributed by atoms with Crippen LogP contribution in [-0.2, 0) is 13.5 Å². The van der Waals surface area contributed by atoms with Gasteiger partial charge in [0.1, 0.15) is 5.75 Å². The van der Waals surface area contributed by atoms with E-state index in [2.05, 4.69) is 12.2 Å². The highest BCUT2D eigenvalue weighted by atomic mass is 16.3. The Morgan fingerprint density at radius 1 is 1.20 bits per heavy atom. The number of anilines is 1. The largest absolute Gasteiger partial charge is 0.508 e. The van der Waals surface area contributed by atoms with Crippen LogP contribution in [0.5, 0.6) is 5.75 Å². The van der Waals surface area contributed by atoms with E-state index in [9.17, 15) is 9.90 Å². The fourth-order valence-corrected chi connectivity index (χ4v) is 2.08. The fraction of sp³-hybridized carbons (Fsp3) is 0.312. The van der Waals surface area contributed by atoms with Crippen LogP contribution in [0.15, 0.2) is 47.4 Å². The highest BCUT2D eigenvalue weighted by Gasteiger charge is 2.04. The second-order valence-electron chi connectivity index (χ2n) is 5.12. The van der Waals surface area contributed by atoms with Gasteiger partial charge in [-0.2, -0.15) is 0 Å². The normalized spacial score (nSPS) is 12.1. The van der Waals surface area contributed by atoms with E-state index in [0.29, 0.717) is 11.8 Å². The van der Waals surface area contributed by atoms with Crippen molar-refractivity contribution < 1.29 is 5.11 Å². The van der Waals surface area contributed by atoms with Crippen LogP contribution < -0.4 is 10.9 Å². The minimum atomic E-state index is -0.00713.